The summed E-state index contributed by atoms with van der Waals surface area (Å²) in [6.45, 7) is 6.17. The van der Waals surface area contributed by atoms with Crippen LogP contribution in [0.25, 0.3) is 0 Å². The van der Waals surface area contributed by atoms with Crippen LogP contribution in [-0.2, 0) is 13.5 Å². The van der Waals surface area contributed by atoms with E-state index in [1.54, 1.807) is 4.68 Å². The number of likely N-dealkylation sites (N-methyl/N-ethyl adjacent to an activating group) is 1. The molecule has 114 valence electrons. The third-order valence-electron chi connectivity index (χ3n) is 3.92. The molecule has 1 aromatic heterocycles. The molecule has 1 aromatic carbocycles. The highest BCUT2D eigenvalue weighted by molar-refractivity contribution is 6.30. The molecule has 1 atom stereocenters. The first kappa shape index (κ1) is 16.1. The van der Waals surface area contributed by atoms with Crippen LogP contribution in [0.4, 0.5) is 0 Å². The SMILES string of the molecule is CCNCC(CCc1c(C)nn(C)c1Cl)c1ccccc1. The van der Waals surface area contributed by atoms with Crippen molar-refractivity contribution in [2.24, 2.45) is 7.05 Å². The third kappa shape index (κ3) is 4.08. The van der Waals surface area contributed by atoms with Gasteiger partial charge in [-0.2, -0.15) is 5.10 Å². The normalized spacial score (nSPS) is 12.6. The summed E-state index contributed by atoms with van der Waals surface area (Å²) in [5, 5.41) is 8.62. The maximum atomic E-state index is 6.33. The van der Waals surface area contributed by atoms with Crippen LogP contribution in [0.1, 0.15) is 36.1 Å². The van der Waals surface area contributed by atoms with Gasteiger partial charge in [0.1, 0.15) is 5.15 Å². The van der Waals surface area contributed by atoms with Crippen LogP contribution in [0.15, 0.2) is 30.3 Å². The van der Waals surface area contributed by atoms with Gasteiger partial charge in [0.2, 0.25) is 0 Å². The van der Waals surface area contributed by atoms with E-state index in [0.717, 1.165) is 36.8 Å². The van der Waals surface area contributed by atoms with Crippen LogP contribution in [0.5, 0.6) is 0 Å². The van der Waals surface area contributed by atoms with E-state index < -0.39 is 0 Å². The first-order chi connectivity index (χ1) is 10.1. The Morgan fingerprint density at radius 3 is 2.57 bits per heavy atom. The molecule has 0 spiro atoms. The van der Waals surface area contributed by atoms with Crippen molar-refractivity contribution in [2.75, 3.05) is 13.1 Å². The Balaban J connectivity index is 2.09. The molecule has 0 saturated heterocycles. The Labute approximate surface area is 132 Å². The van der Waals surface area contributed by atoms with E-state index in [1.807, 2.05) is 14.0 Å². The molecule has 0 fully saturated rings. The number of aromatic nitrogens is 2. The predicted molar refractivity (Wildman–Crippen MR) is 89.0 cm³/mol. The van der Waals surface area contributed by atoms with Crippen molar-refractivity contribution in [1.29, 1.82) is 0 Å². The quantitative estimate of drug-likeness (QED) is 0.845. The van der Waals surface area contributed by atoms with Crippen molar-refractivity contribution in [3.8, 4) is 0 Å². The number of benzene rings is 1. The molecule has 0 aliphatic rings. The van der Waals surface area contributed by atoms with E-state index in [9.17, 15) is 0 Å². The van der Waals surface area contributed by atoms with Gasteiger partial charge < -0.3 is 5.32 Å². The second-order valence-electron chi connectivity index (χ2n) is 5.43. The maximum absolute atomic E-state index is 6.33. The highest BCUT2D eigenvalue weighted by Crippen LogP contribution is 2.25. The zero-order valence-electron chi connectivity index (χ0n) is 13.1. The molecule has 0 saturated carbocycles. The lowest BCUT2D eigenvalue weighted by atomic mass is 9.92. The van der Waals surface area contributed by atoms with E-state index in [0.29, 0.717) is 5.92 Å². The topological polar surface area (TPSA) is 29.9 Å². The Kier molecular flexibility index (Phi) is 5.83. The van der Waals surface area contributed by atoms with Gasteiger partial charge in [0.25, 0.3) is 0 Å². The molecule has 21 heavy (non-hydrogen) atoms. The summed E-state index contributed by atoms with van der Waals surface area (Å²) in [6.07, 6.45) is 2.03. The number of nitrogens with zero attached hydrogens (tertiary/aromatic N) is 2. The molecule has 1 heterocycles. The Morgan fingerprint density at radius 1 is 1.29 bits per heavy atom. The molecular weight excluding hydrogens is 282 g/mol. The third-order valence-corrected chi connectivity index (χ3v) is 4.40. The van der Waals surface area contributed by atoms with Crippen LogP contribution >= 0.6 is 11.6 Å². The van der Waals surface area contributed by atoms with Gasteiger partial charge >= 0.3 is 0 Å². The fraction of sp³-hybridized carbons (Fsp3) is 0.471. The Morgan fingerprint density at radius 2 is 2.00 bits per heavy atom. The number of rotatable bonds is 7. The number of nitrogens with one attached hydrogen (secondary N) is 1. The number of hydrogen-bond donors (Lipinski definition) is 1. The number of hydrogen-bond acceptors (Lipinski definition) is 2. The van der Waals surface area contributed by atoms with Crippen molar-refractivity contribution < 1.29 is 0 Å². The Bertz CT molecular complexity index is 563. The first-order valence-electron chi connectivity index (χ1n) is 7.57. The summed E-state index contributed by atoms with van der Waals surface area (Å²) in [5.41, 5.74) is 3.60. The maximum Gasteiger partial charge on any atom is 0.130 e. The highest BCUT2D eigenvalue weighted by Gasteiger charge is 2.15. The van der Waals surface area contributed by atoms with Crippen molar-refractivity contribution in [2.45, 2.75) is 32.6 Å². The van der Waals surface area contributed by atoms with Gasteiger partial charge in [0.05, 0.1) is 5.69 Å². The summed E-state index contributed by atoms with van der Waals surface area (Å²) in [6, 6.07) is 10.7. The molecular formula is C17H24ClN3. The lowest BCUT2D eigenvalue weighted by Crippen LogP contribution is -2.21. The standard InChI is InChI=1S/C17H24ClN3/c1-4-19-12-15(14-8-6-5-7-9-14)10-11-16-13(2)20-21(3)17(16)18/h5-9,15,19H,4,10-12H2,1-3H3. The summed E-state index contributed by atoms with van der Waals surface area (Å²) < 4.78 is 1.76. The van der Waals surface area contributed by atoms with Crippen LogP contribution in [0.3, 0.4) is 0 Å². The molecule has 0 amide bonds. The minimum absolute atomic E-state index is 0.502. The van der Waals surface area contributed by atoms with Crippen molar-refractivity contribution in [3.05, 3.63) is 52.3 Å². The van der Waals surface area contributed by atoms with Gasteiger partial charge in [-0.05, 0) is 37.8 Å². The average Bonchev–Trinajstić information content (AvgIpc) is 2.74. The van der Waals surface area contributed by atoms with Gasteiger partial charge in [-0.3, -0.25) is 4.68 Å². The molecule has 0 radical (unpaired) electrons. The van der Waals surface area contributed by atoms with E-state index in [1.165, 1.54) is 11.1 Å². The van der Waals surface area contributed by atoms with Gasteiger partial charge in [-0.1, -0.05) is 48.9 Å². The first-order valence-corrected chi connectivity index (χ1v) is 7.94. The van der Waals surface area contributed by atoms with Crippen molar-refractivity contribution in [3.63, 3.8) is 0 Å². The molecule has 4 heteroatoms. The van der Waals surface area contributed by atoms with Crippen molar-refractivity contribution >= 4 is 11.6 Å². The molecule has 0 aliphatic heterocycles. The zero-order chi connectivity index (χ0) is 15.2. The monoisotopic (exact) mass is 305 g/mol. The molecule has 2 aromatic rings. The lowest BCUT2D eigenvalue weighted by molar-refractivity contribution is 0.561. The summed E-state index contributed by atoms with van der Waals surface area (Å²) >= 11 is 6.33. The molecule has 3 nitrogen and oxygen atoms in total. The molecule has 1 unspecified atom stereocenters. The number of halogens is 1. The van der Waals surface area contributed by atoms with E-state index in [4.69, 9.17) is 11.6 Å². The van der Waals surface area contributed by atoms with E-state index >= 15 is 0 Å². The van der Waals surface area contributed by atoms with Gasteiger partial charge in [-0.15, -0.1) is 0 Å². The summed E-state index contributed by atoms with van der Waals surface area (Å²) in [5.74, 6) is 0.502. The van der Waals surface area contributed by atoms with E-state index in [-0.39, 0.29) is 0 Å². The van der Waals surface area contributed by atoms with Crippen LogP contribution < -0.4 is 5.32 Å². The largest absolute Gasteiger partial charge is 0.316 e. The fourth-order valence-corrected chi connectivity index (χ4v) is 2.98. The number of aryl methyl sites for hydroxylation is 2. The lowest BCUT2D eigenvalue weighted by Gasteiger charge is -2.18. The van der Waals surface area contributed by atoms with Gasteiger partial charge in [0, 0.05) is 19.2 Å². The summed E-state index contributed by atoms with van der Waals surface area (Å²) in [4.78, 5) is 0. The predicted octanol–water partition coefficient (Wildman–Crippen LogP) is 3.71. The molecule has 2 rings (SSSR count). The average molecular weight is 306 g/mol. The minimum Gasteiger partial charge on any atom is -0.316 e. The summed E-state index contributed by atoms with van der Waals surface area (Å²) in [7, 11) is 1.89. The highest BCUT2D eigenvalue weighted by atomic mass is 35.5. The van der Waals surface area contributed by atoms with Crippen molar-refractivity contribution in [1.82, 2.24) is 15.1 Å². The van der Waals surface area contributed by atoms with Gasteiger partial charge in [0.15, 0.2) is 0 Å². The van der Waals surface area contributed by atoms with Crippen LogP contribution in [-0.4, -0.2) is 22.9 Å². The Hall–Kier alpha value is -1.32. The molecule has 1 N–H and O–H groups in total. The molecule has 0 bridgehead atoms. The fourth-order valence-electron chi connectivity index (χ4n) is 2.71. The van der Waals surface area contributed by atoms with Crippen LogP contribution in [0.2, 0.25) is 5.15 Å². The smallest absolute Gasteiger partial charge is 0.130 e. The minimum atomic E-state index is 0.502. The zero-order valence-corrected chi connectivity index (χ0v) is 13.8. The van der Waals surface area contributed by atoms with E-state index in [2.05, 4.69) is 47.7 Å². The van der Waals surface area contributed by atoms with Crippen LogP contribution in [0, 0.1) is 6.92 Å². The van der Waals surface area contributed by atoms with Gasteiger partial charge in [-0.25, -0.2) is 0 Å². The second kappa shape index (κ2) is 7.62. The molecule has 0 aliphatic carbocycles. The second-order valence-corrected chi connectivity index (χ2v) is 5.79.